The molecule has 2 rings (SSSR count). The molecule has 1 amide bonds. The van der Waals surface area contributed by atoms with E-state index in [1.807, 2.05) is 0 Å². The standard InChI is InChI=1S/C8H11NO3/c1-5-7-6(10)3-2-4-9(7)8(11)12-5/h5,7H,2-4H2,1H3. The van der Waals surface area contributed by atoms with Gasteiger partial charge in [0.15, 0.2) is 5.78 Å². The number of amides is 1. The van der Waals surface area contributed by atoms with Gasteiger partial charge in [-0.25, -0.2) is 4.79 Å². The second-order valence-electron chi connectivity index (χ2n) is 3.30. The Balaban J connectivity index is 2.24. The molecule has 4 nitrogen and oxygen atoms in total. The van der Waals surface area contributed by atoms with Gasteiger partial charge in [-0.3, -0.25) is 9.69 Å². The summed E-state index contributed by atoms with van der Waals surface area (Å²) in [5, 5.41) is 0. The molecule has 0 aromatic rings. The van der Waals surface area contributed by atoms with Gasteiger partial charge < -0.3 is 4.74 Å². The molecule has 2 saturated heterocycles. The fourth-order valence-electron chi connectivity index (χ4n) is 1.90. The predicted molar refractivity (Wildman–Crippen MR) is 40.7 cm³/mol. The zero-order chi connectivity index (χ0) is 8.72. The quantitative estimate of drug-likeness (QED) is 0.532. The Kier molecular flexibility index (Phi) is 1.56. The Morgan fingerprint density at radius 2 is 2.25 bits per heavy atom. The third kappa shape index (κ3) is 0.906. The first-order valence-electron chi connectivity index (χ1n) is 4.20. The van der Waals surface area contributed by atoms with E-state index >= 15 is 0 Å². The number of rotatable bonds is 0. The molecule has 0 bridgehead atoms. The molecule has 0 aliphatic carbocycles. The lowest BCUT2D eigenvalue weighted by molar-refractivity contribution is -0.125. The zero-order valence-corrected chi connectivity index (χ0v) is 6.95. The Hall–Kier alpha value is -1.06. The largest absolute Gasteiger partial charge is 0.444 e. The number of piperidine rings is 1. The van der Waals surface area contributed by atoms with Crippen molar-refractivity contribution >= 4 is 11.9 Å². The normalized spacial score (nSPS) is 34.9. The van der Waals surface area contributed by atoms with Gasteiger partial charge >= 0.3 is 6.09 Å². The summed E-state index contributed by atoms with van der Waals surface area (Å²) in [6.45, 7) is 2.44. The molecule has 4 heteroatoms. The van der Waals surface area contributed by atoms with Crippen LogP contribution in [-0.4, -0.2) is 35.5 Å². The summed E-state index contributed by atoms with van der Waals surface area (Å²) in [4.78, 5) is 24.0. The van der Waals surface area contributed by atoms with Crippen LogP contribution in [-0.2, 0) is 9.53 Å². The van der Waals surface area contributed by atoms with E-state index in [4.69, 9.17) is 4.74 Å². The number of hydrogen-bond acceptors (Lipinski definition) is 3. The van der Waals surface area contributed by atoms with Crippen LogP contribution in [0, 0.1) is 0 Å². The average molecular weight is 169 g/mol. The van der Waals surface area contributed by atoms with Crippen molar-refractivity contribution in [3.05, 3.63) is 0 Å². The molecule has 0 radical (unpaired) electrons. The summed E-state index contributed by atoms with van der Waals surface area (Å²) >= 11 is 0. The van der Waals surface area contributed by atoms with Crippen molar-refractivity contribution in [3.8, 4) is 0 Å². The van der Waals surface area contributed by atoms with E-state index in [-0.39, 0.29) is 24.0 Å². The van der Waals surface area contributed by atoms with Crippen molar-refractivity contribution in [2.45, 2.75) is 31.9 Å². The van der Waals surface area contributed by atoms with Gasteiger partial charge in [-0.05, 0) is 13.3 Å². The molecule has 66 valence electrons. The van der Waals surface area contributed by atoms with E-state index in [1.54, 1.807) is 6.92 Å². The molecule has 0 aromatic heterocycles. The Morgan fingerprint density at radius 3 is 2.92 bits per heavy atom. The molecule has 0 saturated carbocycles. The number of nitrogens with zero attached hydrogens (tertiary/aromatic N) is 1. The minimum absolute atomic E-state index is 0.139. The summed E-state index contributed by atoms with van der Waals surface area (Å²) in [7, 11) is 0. The Labute approximate surface area is 70.5 Å². The van der Waals surface area contributed by atoms with Crippen LogP contribution < -0.4 is 0 Å². The van der Waals surface area contributed by atoms with Crippen molar-refractivity contribution in [3.63, 3.8) is 0 Å². The molecule has 12 heavy (non-hydrogen) atoms. The van der Waals surface area contributed by atoms with Gasteiger partial charge in [-0.2, -0.15) is 0 Å². The predicted octanol–water partition coefficient (Wildman–Crippen LogP) is 0.559. The molecule has 2 aliphatic rings. The van der Waals surface area contributed by atoms with Crippen LogP contribution in [0.4, 0.5) is 4.79 Å². The lowest BCUT2D eigenvalue weighted by Gasteiger charge is -2.26. The monoisotopic (exact) mass is 169 g/mol. The molecule has 0 spiro atoms. The molecular weight excluding hydrogens is 158 g/mol. The first-order valence-corrected chi connectivity index (χ1v) is 4.20. The van der Waals surface area contributed by atoms with Gasteiger partial charge in [-0.1, -0.05) is 0 Å². The fourth-order valence-corrected chi connectivity index (χ4v) is 1.90. The van der Waals surface area contributed by atoms with Gasteiger partial charge in [0.1, 0.15) is 12.1 Å². The van der Waals surface area contributed by atoms with Gasteiger partial charge in [0.25, 0.3) is 0 Å². The highest BCUT2D eigenvalue weighted by Crippen LogP contribution is 2.25. The van der Waals surface area contributed by atoms with E-state index < -0.39 is 0 Å². The number of carbonyl (C=O) groups is 2. The molecule has 2 heterocycles. The number of cyclic esters (lactones) is 1. The lowest BCUT2D eigenvalue weighted by Crippen LogP contribution is -2.46. The van der Waals surface area contributed by atoms with Crippen LogP contribution in [0.25, 0.3) is 0 Å². The number of ketones is 1. The second-order valence-corrected chi connectivity index (χ2v) is 3.30. The Bertz CT molecular complexity index is 238. The van der Waals surface area contributed by atoms with Crippen LogP contribution >= 0.6 is 0 Å². The van der Waals surface area contributed by atoms with Crippen LogP contribution in [0.3, 0.4) is 0 Å². The van der Waals surface area contributed by atoms with Crippen molar-refractivity contribution < 1.29 is 14.3 Å². The maximum absolute atomic E-state index is 11.4. The van der Waals surface area contributed by atoms with Crippen LogP contribution in [0.5, 0.6) is 0 Å². The average Bonchev–Trinajstić information content (AvgIpc) is 2.29. The summed E-state index contributed by atoms with van der Waals surface area (Å²) in [6, 6.07) is -0.300. The van der Waals surface area contributed by atoms with E-state index in [0.29, 0.717) is 13.0 Å². The number of Topliss-reactive ketones (excluding diaryl/α,β-unsaturated/α-hetero) is 1. The molecular formula is C8H11NO3. The third-order valence-electron chi connectivity index (χ3n) is 2.45. The number of fused-ring (bicyclic) bond motifs is 1. The number of hydrogen-bond donors (Lipinski definition) is 0. The highest BCUT2D eigenvalue weighted by molar-refractivity contribution is 5.91. The summed E-state index contributed by atoms with van der Waals surface area (Å²) in [6.07, 6.45) is 0.769. The molecule has 0 aromatic carbocycles. The molecule has 2 fully saturated rings. The first-order chi connectivity index (χ1) is 5.70. The van der Waals surface area contributed by atoms with E-state index in [9.17, 15) is 9.59 Å². The topological polar surface area (TPSA) is 46.6 Å². The fraction of sp³-hybridized carbons (Fsp3) is 0.750. The number of carbonyl (C=O) groups excluding carboxylic acids is 2. The minimum atomic E-state index is -0.333. The van der Waals surface area contributed by atoms with Crippen molar-refractivity contribution in [2.75, 3.05) is 6.54 Å². The first kappa shape index (κ1) is 7.58. The maximum Gasteiger partial charge on any atom is 0.410 e. The molecule has 2 aliphatic heterocycles. The van der Waals surface area contributed by atoms with Crippen LogP contribution in [0.2, 0.25) is 0 Å². The molecule has 2 atom stereocenters. The highest BCUT2D eigenvalue weighted by atomic mass is 16.6. The van der Waals surface area contributed by atoms with Crippen molar-refractivity contribution in [1.29, 1.82) is 0 Å². The Morgan fingerprint density at radius 1 is 1.50 bits per heavy atom. The number of ether oxygens (including phenoxy) is 1. The highest BCUT2D eigenvalue weighted by Gasteiger charge is 2.44. The van der Waals surface area contributed by atoms with Crippen LogP contribution in [0.1, 0.15) is 19.8 Å². The maximum atomic E-state index is 11.4. The van der Waals surface area contributed by atoms with Crippen molar-refractivity contribution in [2.24, 2.45) is 0 Å². The summed E-state index contributed by atoms with van der Waals surface area (Å²) < 4.78 is 4.94. The van der Waals surface area contributed by atoms with E-state index in [2.05, 4.69) is 0 Å². The van der Waals surface area contributed by atoms with Gasteiger partial charge in [0.2, 0.25) is 0 Å². The third-order valence-corrected chi connectivity index (χ3v) is 2.45. The SMILES string of the molecule is CC1OC(=O)N2CCCC(=O)C12. The van der Waals surface area contributed by atoms with Gasteiger partial charge in [0, 0.05) is 13.0 Å². The minimum Gasteiger partial charge on any atom is -0.444 e. The zero-order valence-electron chi connectivity index (χ0n) is 6.95. The van der Waals surface area contributed by atoms with E-state index in [0.717, 1.165) is 6.42 Å². The smallest absolute Gasteiger partial charge is 0.410 e. The van der Waals surface area contributed by atoms with Crippen molar-refractivity contribution in [1.82, 2.24) is 4.90 Å². The van der Waals surface area contributed by atoms with E-state index in [1.165, 1.54) is 4.90 Å². The second kappa shape index (κ2) is 2.47. The summed E-state index contributed by atoms with van der Waals surface area (Å²) in [5.41, 5.74) is 0. The van der Waals surface area contributed by atoms with Crippen LogP contribution in [0.15, 0.2) is 0 Å². The molecule has 0 N–H and O–H groups in total. The van der Waals surface area contributed by atoms with Gasteiger partial charge in [0.05, 0.1) is 0 Å². The summed E-state index contributed by atoms with van der Waals surface area (Å²) in [5.74, 6) is 0.139. The molecule has 2 unspecified atom stereocenters. The van der Waals surface area contributed by atoms with Gasteiger partial charge in [-0.15, -0.1) is 0 Å². The lowest BCUT2D eigenvalue weighted by atomic mass is 9.98.